The molecule has 0 aliphatic carbocycles. The predicted octanol–water partition coefficient (Wildman–Crippen LogP) is 3.19. The average molecular weight is 340 g/mol. The summed E-state index contributed by atoms with van der Waals surface area (Å²) in [5.74, 6) is -0.0504. The number of carbonyl (C=O) groups excluding carboxylic acids is 1. The minimum atomic E-state index is -0.0504. The average Bonchev–Trinajstić information content (AvgIpc) is 3.35. The molecule has 2 aromatic heterocycles. The number of hydrogen-bond acceptors (Lipinski definition) is 4. The van der Waals surface area contributed by atoms with Crippen LogP contribution in [0.3, 0.4) is 0 Å². The second-order valence-electron chi connectivity index (χ2n) is 6.12. The number of H-pyrrole nitrogens is 1. The normalized spacial score (nSPS) is 16.5. The van der Waals surface area contributed by atoms with E-state index in [1.54, 1.807) is 17.5 Å². The van der Waals surface area contributed by atoms with Crippen molar-refractivity contribution in [2.24, 2.45) is 0 Å². The van der Waals surface area contributed by atoms with E-state index in [-0.39, 0.29) is 11.9 Å². The molecule has 3 aromatic rings. The van der Waals surface area contributed by atoms with Crippen LogP contribution in [-0.4, -0.2) is 40.6 Å². The van der Waals surface area contributed by atoms with E-state index >= 15 is 0 Å². The fraction of sp³-hybridized carbons (Fsp3) is 0.333. The van der Waals surface area contributed by atoms with E-state index in [0.717, 1.165) is 24.0 Å². The first-order valence-corrected chi connectivity index (χ1v) is 9.18. The van der Waals surface area contributed by atoms with Gasteiger partial charge in [0.2, 0.25) is 0 Å². The Labute approximate surface area is 144 Å². The van der Waals surface area contributed by atoms with E-state index in [0.29, 0.717) is 12.1 Å². The summed E-state index contributed by atoms with van der Waals surface area (Å²) in [5, 5.41) is 13.1. The Hall–Kier alpha value is -2.18. The first-order valence-electron chi connectivity index (χ1n) is 8.30. The monoisotopic (exact) mass is 340 g/mol. The fourth-order valence-corrected chi connectivity index (χ4v) is 4.25. The minimum absolute atomic E-state index is 0.0504. The zero-order valence-corrected chi connectivity index (χ0v) is 14.2. The van der Waals surface area contributed by atoms with Crippen molar-refractivity contribution in [1.82, 2.24) is 20.4 Å². The highest BCUT2D eigenvalue weighted by Crippen LogP contribution is 2.28. The van der Waals surface area contributed by atoms with E-state index in [1.165, 1.54) is 17.7 Å². The zero-order chi connectivity index (χ0) is 16.4. The van der Waals surface area contributed by atoms with Crippen LogP contribution in [0.25, 0.3) is 10.9 Å². The van der Waals surface area contributed by atoms with Crippen LogP contribution in [0.5, 0.6) is 0 Å². The number of likely N-dealkylation sites (tertiary alicyclic amines) is 1. The molecule has 124 valence electrons. The minimum Gasteiger partial charge on any atom is -0.350 e. The highest BCUT2D eigenvalue weighted by Gasteiger charge is 2.25. The van der Waals surface area contributed by atoms with E-state index < -0.39 is 0 Å². The molecule has 1 saturated heterocycles. The van der Waals surface area contributed by atoms with Crippen LogP contribution in [-0.2, 0) is 0 Å². The first kappa shape index (κ1) is 15.4. The molecule has 0 saturated carbocycles. The first-order chi connectivity index (χ1) is 11.8. The van der Waals surface area contributed by atoms with Gasteiger partial charge in [-0.25, -0.2) is 0 Å². The lowest BCUT2D eigenvalue weighted by molar-refractivity contribution is 0.0940. The Kier molecular flexibility index (Phi) is 4.32. The summed E-state index contributed by atoms with van der Waals surface area (Å²) in [6.45, 7) is 2.84. The molecular formula is C18H20N4OS. The van der Waals surface area contributed by atoms with Gasteiger partial charge in [0.15, 0.2) is 0 Å². The van der Waals surface area contributed by atoms with Gasteiger partial charge in [0.25, 0.3) is 5.91 Å². The second kappa shape index (κ2) is 6.75. The maximum Gasteiger partial charge on any atom is 0.253 e. The molecule has 1 atom stereocenters. The number of rotatable bonds is 5. The number of fused-ring (bicyclic) bond motifs is 1. The molecule has 24 heavy (non-hydrogen) atoms. The van der Waals surface area contributed by atoms with Crippen molar-refractivity contribution in [3.05, 3.63) is 52.3 Å². The van der Waals surface area contributed by atoms with Gasteiger partial charge in [-0.3, -0.25) is 14.8 Å². The Morgan fingerprint density at radius 3 is 2.96 bits per heavy atom. The number of aromatic nitrogens is 2. The van der Waals surface area contributed by atoms with Gasteiger partial charge < -0.3 is 5.32 Å². The summed E-state index contributed by atoms with van der Waals surface area (Å²) in [5.41, 5.74) is 1.44. The maximum absolute atomic E-state index is 12.7. The Bertz CT molecular complexity index is 821. The lowest BCUT2D eigenvalue weighted by atomic mass is 10.1. The second-order valence-corrected chi connectivity index (χ2v) is 7.10. The van der Waals surface area contributed by atoms with Gasteiger partial charge in [-0.1, -0.05) is 18.2 Å². The highest BCUT2D eigenvalue weighted by molar-refractivity contribution is 7.10. The molecule has 0 bridgehead atoms. The Morgan fingerprint density at radius 2 is 2.17 bits per heavy atom. The van der Waals surface area contributed by atoms with Crippen molar-refractivity contribution in [2.45, 2.75) is 18.9 Å². The summed E-state index contributed by atoms with van der Waals surface area (Å²) in [6.07, 6.45) is 4.22. The van der Waals surface area contributed by atoms with E-state index in [1.807, 2.05) is 18.2 Å². The summed E-state index contributed by atoms with van der Waals surface area (Å²) in [7, 11) is 0. The third-order valence-corrected chi connectivity index (χ3v) is 5.60. The van der Waals surface area contributed by atoms with Gasteiger partial charge in [0.1, 0.15) is 0 Å². The molecule has 5 nitrogen and oxygen atoms in total. The molecule has 1 aliphatic rings. The zero-order valence-electron chi connectivity index (χ0n) is 13.4. The molecule has 1 fully saturated rings. The van der Waals surface area contributed by atoms with Gasteiger partial charge in [-0.05, 0) is 43.4 Å². The van der Waals surface area contributed by atoms with Crippen LogP contribution in [0.4, 0.5) is 0 Å². The number of aromatic amines is 1. The predicted molar refractivity (Wildman–Crippen MR) is 96.3 cm³/mol. The van der Waals surface area contributed by atoms with Crippen LogP contribution in [0, 0.1) is 0 Å². The molecule has 6 heteroatoms. The van der Waals surface area contributed by atoms with E-state index in [2.05, 4.69) is 37.9 Å². The smallest absolute Gasteiger partial charge is 0.253 e. The van der Waals surface area contributed by atoms with Crippen molar-refractivity contribution in [3.63, 3.8) is 0 Å². The summed E-state index contributed by atoms with van der Waals surface area (Å²) >= 11 is 1.76. The van der Waals surface area contributed by atoms with Crippen LogP contribution in [0.15, 0.2) is 41.9 Å². The topological polar surface area (TPSA) is 61.0 Å². The number of benzene rings is 1. The standard InChI is InChI=1S/C18H20N4OS/c23-18(14-6-3-5-13-11-20-21-17(13)14)19-12-15(16-7-4-10-24-16)22-8-1-2-9-22/h3-7,10-11,15H,1-2,8-9,12H2,(H,19,23)(H,20,21). The van der Waals surface area contributed by atoms with Crippen molar-refractivity contribution >= 4 is 28.1 Å². The van der Waals surface area contributed by atoms with Crippen LogP contribution < -0.4 is 5.32 Å². The van der Waals surface area contributed by atoms with Crippen LogP contribution in [0.2, 0.25) is 0 Å². The van der Waals surface area contributed by atoms with E-state index in [4.69, 9.17) is 0 Å². The third kappa shape index (κ3) is 2.95. The van der Waals surface area contributed by atoms with Gasteiger partial charge >= 0.3 is 0 Å². The number of hydrogen-bond donors (Lipinski definition) is 2. The molecule has 1 amide bonds. The van der Waals surface area contributed by atoms with Crippen molar-refractivity contribution in [2.75, 3.05) is 19.6 Å². The molecule has 1 aromatic carbocycles. The summed E-state index contributed by atoms with van der Waals surface area (Å²) in [6, 6.07) is 10.2. The number of nitrogens with zero attached hydrogens (tertiary/aromatic N) is 2. The van der Waals surface area contributed by atoms with Crippen LogP contribution >= 0.6 is 11.3 Å². The number of carbonyl (C=O) groups is 1. The molecule has 2 N–H and O–H groups in total. The largest absolute Gasteiger partial charge is 0.350 e. The van der Waals surface area contributed by atoms with E-state index in [9.17, 15) is 4.79 Å². The number of nitrogens with one attached hydrogen (secondary N) is 2. The van der Waals surface area contributed by atoms with Crippen molar-refractivity contribution in [3.8, 4) is 0 Å². The SMILES string of the molecule is O=C(NCC(c1cccs1)N1CCCC1)c1cccc2cn[nH]c12. The van der Waals surface area contributed by atoms with Gasteiger partial charge in [-0.15, -0.1) is 11.3 Å². The van der Waals surface area contributed by atoms with Crippen molar-refractivity contribution in [1.29, 1.82) is 0 Å². The van der Waals surface area contributed by atoms with Gasteiger partial charge in [0, 0.05) is 16.8 Å². The Morgan fingerprint density at radius 1 is 1.29 bits per heavy atom. The quantitative estimate of drug-likeness (QED) is 0.750. The maximum atomic E-state index is 12.7. The highest BCUT2D eigenvalue weighted by atomic mass is 32.1. The number of amides is 1. The molecule has 0 radical (unpaired) electrons. The lowest BCUT2D eigenvalue weighted by Gasteiger charge is -2.27. The third-order valence-electron chi connectivity index (χ3n) is 4.63. The molecule has 1 unspecified atom stereocenters. The fourth-order valence-electron chi connectivity index (χ4n) is 3.39. The molecule has 1 aliphatic heterocycles. The summed E-state index contributed by atoms with van der Waals surface area (Å²) < 4.78 is 0. The number of thiophene rings is 1. The van der Waals surface area contributed by atoms with Gasteiger partial charge in [0.05, 0.1) is 23.3 Å². The van der Waals surface area contributed by atoms with Gasteiger partial charge in [-0.2, -0.15) is 5.10 Å². The summed E-state index contributed by atoms with van der Waals surface area (Å²) in [4.78, 5) is 16.5. The molecule has 4 rings (SSSR count). The Balaban J connectivity index is 1.51. The molecular weight excluding hydrogens is 320 g/mol. The molecule has 0 spiro atoms. The van der Waals surface area contributed by atoms with Crippen molar-refractivity contribution < 1.29 is 4.79 Å². The lowest BCUT2D eigenvalue weighted by Crippen LogP contribution is -2.36. The molecule has 3 heterocycles. The number of para-hydroxylation sites is 1. The van der Waals surface area contributed by atoms with Crippen LogP contribution in [0.1, 0.15) is 34.1 Å².